The number of aromatic nitrogens is 1. The third-order valence-corrected chi connectivity index (χ3v) is 4.62. The van der Waals surface area contributed by atoms with Gasteiger partial charge in [0, 0.05) is 38.4 Å². The molecule has 2 aliphatic rings. The summed E-state index contributed by atoms with van der Waals surface area (Å²) in [7, 11) is 0. The van der Waals surface area contributed by atoms with Gasteiger partial charge in [0.1, 0.15) is 0 Å². The highest BCUT2D eigenvalue weighted by atomic mass is 16.2. The van der Waals surface area contributed by atoms with Crippen LogP contribution in [-0.4, -0.2) is 52.9 Å². The van der Waals surface area contributed by atoms with Crippen molar-refractivity contribution < 1.29 is 4.79 Å². The Morgan fingerprint density at radius 2 is 1.95 bits per heavy atom. The Morgan fingerprint density at radius 3 is 2.62 bits per heavy atom. The van der Waals surface area contributed by atoms with Gasteiger partial charge in [-0.3, -0.25) is 9.69 Å². The minimum absolute atomic E-state index is 0.0159. The summed E-state index contributed by atoms with van der Waals surface area (Å²) < 4.78 is 0. The molecule has 3 rings (SSSR count). The number of nitrogens with one attached hydrogen (secondary N) is 1. The zero-order chi connectivity index (χ0) is 14.7. The summed E-state index contributed by atoms with van der Waals surface area (Å²) in [6.07, 6.45) is 6.97. The van der Waals surface area contributed by atoms with Gasteiger partial charge >= 0.3 is 0 Å². The fourth-order valence-electron chi connectivity index (χ4n) is 3.42. The third-order valence-electron chi connectivity index (χ3n) is 4.62. The van der Waals surface area contributed by atoms with Gasteiger partial charge in [0.05, 0.1) is 5.56 Å². The van der Waals surface area contributed by atoms with Crippen LogP contribution in [0.1, 0.15) is 36.0 Å². The molecule has 1 aromatic rings. The van der Waals surface area contributed by atoms with Crippen LogP contribution in [0.2, 0.25) is 0 Å². The lowest BCUT2D eigenvalue weighted by molar-refractivity contribution is 0.0574. The van der Waals surface area contributed by atoms with E-state index >= 15 is 0 Å². The van der Waals surface area contributed by atoms with E-state index in [1.807, 2.05) is 4.90 Å². The average molecular weight is 289 g/mol. The van der Waals surface area contributed by atoms with E-state index in [1.165, 1.54) is 25.7 Å². The lowest BCUT2D eigenvalue weighted by Gasteiger charge is -2.38. The van der Waals surface area contributed by atoms with E-state index in [0.717, 1.165) is 32.2 Å². The Labute approximate surface area is 125 Å². The highest BCUT2D eigenvalue weighted by Crippen LogP contribution is 2.24. The number of hydrazine groups is 1. The fourth-order valence-corrected chi connectivity index (χ4v) is 3.42. The molecule has 0 aromatic carbocycles. The maximum atomic E-state index is 12.6. The number of pyridine rings is 1. The van der Waals surface area contributed by atoms with Crippen LogP contribution < -0.4 is 11.3 Å². The van der Waals surface area contributed by atoms with Crippen LogP contribution >= 0.6 is 0 Å². The molecule has 0 atom stereocenters. The molecule has 6 heteroatoms. The summed E-state index contributed by atoms with van der Waals surface area (Å²) in [6.45, 7) is 3.52. The highest BCUT2D eigenvalue weighted by Gasteiger charge is 2.28. The molecule has 1 aliphatic heterocycles. The molecule has 114 valence electrons. The molecule has 2 heterocycles. The molecule has 0 unspecified atom stereocenters. The minimum Gasteiger partial charge on any atom is -0.336 e. The van der Waals surface area contributed by atoms with Crippen molar-refractivity contribution in [1.29, 1.82) is 0 Å². The second-order valence-electron chi connectivity index (χ2n) is 5.81. The molecule has 0 bridgehead atoms. The van der Waals surface area contributed by atoms with Gasteiger partial charge in [-0.25, -0.2) is 10.8 Å². The molecule has 1 saturated carbocycles. The van der Waals surface area contributed by atoms with E-state index in [2.05, 4.69) is 15.3 Å². The smallest absolute Gasteiger partial charge is 0.257 e. The number of rotatable bonds is 3. The van der Waals surface area contributed by atoms with Crippen LogP contribution in [-0.2, 0) is 0 Å². The lowest BCUT2D eigenvalue weighted by atomic mass is 10.1. The van der Waals surface area contributed by atoms with E-state index in [-0.39, 0.29) is 5.91 Å². The molecule has 1 aliphatic carbocycles. The summed E-state index contributed by atoms with van der Waals surface area (Å²) in [6, 6.07) is 4.28. The van der Waals surface area contributed by atoms with Crippen molar-refractivity contribution in [3.05, 3.63) is 23.9 Å². The average Bonchev–Trinajstić information content (AvgIpc) is 3.09. The van der Waals surface area contributed by atoms with Gasteiger partial charge in [0.15, 0.2) is 5.82 Å². The molecular formula is C15H23N5O. The van der Waals surface area contributed by atoms with Crippen molar-refractivity contribution in [2.24, 2.45) is 5.84 Å². The van der Waals surface area contributed by atoms with E-state index in [1.54, 1.807) is 18.3 Å². The molecular weight excluding hydrogens is 266 g/mol. The monoisotopic (exact) mass is 289 g/mol. The fraction of sp³-hybridized carbons (Fsp3) is 0.600. The largest absolute Gasteiger partial charge is 0.336 e. The zero-order valence-corrected chi connectivity index (χ0v) is 12.3. The Morgan fingerprint density at radius 1 is 1.24 bits per heavy atom. The van der Waals surface area contributed by atoms with Gasteiger partial charge in [-0.05, 0) is 25.0 Å². The Kier molecular flexibility index (Phi) is 4.36. The summed E-state index contributed by atoms with van der Waals surface area (Å²) in [5, 5.41) is 0. The number of nitrogen functional groups attached to an aromatic ring is 1. The number of hydrogen-bond acceptors (Lipinski definition) is 5. The standard InChI is InChI=1S/C15H23N5O/c16-18-14-13(6-3-7-17-14)15(21)20-10-8-19(9-11-20)12-4-1-2-5-12/h3,6-7,12H,1-2,4-5,8-11,16H2,(H,17,18). The molecule has 1 aromatic heterocycles. The molecule has 3 N–H and O–H groups in total. The molecule has 0 spiro atoms. The topological polar surface area (TPSA) is 74.5 Å². The second-order valence-corrected chi connectivity index (χ2v) is 5.81. The van der Waals surface area contributed by atoms with Crippen molar-refractivity contribution in [3.63, 3.8) is 0 Å². The number of anilines is 1. The number of carbonyl (C=O) groups excluding carboxylic acids is 1. The zero-order valence-electron chi connectivity index (χ0n) is 12.3. The molecule has 2 fully saturated rings. The second kappa shape index (κ2) is 6.41. The Balaban J connectivity index is 1.62. The highest BCUT2D eigenvalue weighted by molar-refractivity contribution is 5.98. The predicted octanol–water partition coefficient (Wildman–Crippen LogP) is 1.07. The van der Waals surface area contributed by atoms with Gasteiger partial charge in [-0.2, -0.15) is 0 Å². The van der Waals surface area contributed by atoms with Crippen molar-refractivity contribution in [2.45, 2.75) is 31.7 Å². The maximum absolute atomic E-state index is 12.6. The number of piperazine rings is 1. The van der Waals surface area contributed by atoms with Gasteiger partial charge < -0.3 is 10.3 Å². The number of amides is 1. The first-order chi connectivity index (χ1) is 10.3. The summed E-state index contributed by atoms with van der Waals surface area (Å²) in [4.78, 5) is 21.1. The first-order valence-corrected chi connectivity index (χ1v) is 7.74. The normalized spacial score (nSPS) is 20.7. The third kappa shape index (κ3) is 3.01. The Hall–Kier alpha value is -1.66. The maximum Gasteiger partial charge on any atom is 0.257 e. The molecule has 1 saturated heterocycles. The summed E-state index contributed by atoms with van der Waals surface area (Å²) >= 11 is 0. The van der Waals surface area contributed by atoms with Crippen molar-refractivity contribution >= 4 is 11.7 Å². The van der Waals surface area contributed by atoms with E-state index in [4.69, 9.17) is 5.84 Å². The molecule has 0 radical (unpaired) electrons. The summed E-state index contributed by atoms with van der Waals surface area (Å²) in [5.74, 6) is 5.89. The van der Waals surface area contributed by atoms with Gasteiger partial charge in [-0.1, -0.05) is 12.8 Å². The first-order valence-electron chi connectivity index (χ1n) is 7.74. The van der Waals surface area contributed by atoms with Crippen LogP contribution in [0.4, 0.5) is 5.82 Å². The van der Waals surface area contributed by atoms with Crippen LogP contribution in [0.15, 0.2) is 18.3 Å². The van der Waals surface area contributed by atoms with Crippen LogP contribution in [0.25, 0.3) is 0 Å². The predicted molar refractivity (Wildman–Crippen MR) is 81.8 cm³/mol. The van der Waals surface area contributed by atoms with Gasteiger partial charge in [0.2, 0.25) is 0 Å². The van der Waals surface area contributed by atoms with E-state index in [9.17, 15) is 4.79 Å². The summed E-state index contributed by atoms with van der Waals surface area (Å²) in [5.41, 5.74) is 3.05. The van der Waals surface area contributed by atoms with Crippen LogP contribution in [0.3, 0.4) is 0 Å². The first kappa shape index (κ1) is 14.3. The van der Waals surface area contributed by atoms with Crippen molar-refractivity contribution in [2.75, 3.05) is 31.6 Å². The molecule has 21 heavy (non-hydrogen) atoms. The number of carbonyl (C=O) groups is 1. The molecule has 1 amide bonds. The van der Waals surface area contributed by atoms with Crippen molar-refractivity contribution in [3.8, 4) is 0 Å². The number of hydrogen-bond donors (Lipinski definition) is 2. The van der Waals surface area contributed by atoms with E-state index < -0.39 is 0 Å². The molecule has 6 nitrogen and oxygen atoms in total. The van der Waals surface area contributed by atoms with Crippen LogP contribution in [0, 0.1) is 0 Å². The lowest BCUT2D eigenvalue weighted by Crippen LogP contribution is -2.51. The van der Waals surface area contributed by atoms with Crippen LogP contribution in [0.5, 0.6) is 0 Å². The quantitative estimate of drug-likeness (QED) is 0.643. The SMILES string of the molecule is NNc1ncccc1C(=O)N1CCN(C2CCCC2)CC1. The Bertz CT molecular complexity index is 493. The van der Waals surface area contributed by atoms with E-state index in [0.29, 0.717) is 11.4 Å². The number of nitrogens with two attached hydrogens (primary N) is 1. The number of nitrogens with zero attached hydrogens (tertiary/aromatic N) is 3. The minimum atomic E-state index is 0.0159. The van der Waals surface area contributed by atoms with Crippen molar-refractivity contribution in [1.82, 2.24) is 14.8 Å². The van der Waals surface area contributed by atoms with Gasteiger partial charge in [-0.15, -0.1) is 0 Å². The van der Waals surface area contributed by atoms with Gasteiger partial charge in [0.25, 0.3) is 5.91 Å².